The number of amides is 2. The fourth-order valence-electron chi connectivity index (χ4n) is 3.33. The number of carbonyl (C=O) groups is 2. The third-order valence-electron chi connectivity index (χ3n) is 4.90. The molecule has 0 saturated carbocycles. The van der Waals surface area contributed by atoms with Gasteiger partial charge in [0.15, 0.2) is 5.82 Å². The molecule has 0 radical (unpaired) electrons. The molecule has 39 heavy (non-hydrogen) atoms. The van der Waals surface area contributed by atoms with E-state index in [9.17, 15) is 22.8 Å². The molecule has 0 spiro atoms. The smallest absolute Gasteiger partial charge is 0.350 e. The van der Waals surface area contributed by atoms with Gasteiger partial charge in [0.05, 0.1) is 27.0 Å². The maximum absolute atomic E-state index is 13.5. The van der Waals surface area contributed by atoms with Crippen LogP contribution in [0.15, 0.2) is 36.5 Å². The summed E-state index contributed by atoms with van der Waals surface area (Å²) < 4.78 is 39.7. The number of anilines is 1. The number of pyridine rings is 1. The van der Waals surface area contributed by atoms with Crippen LogP contribution in [0.2, 0.25) is 15.1 Å². The normalized spacial score (nSPS) is 11.6. The molecule has 11 nitrogen and oxygen atoms in total. The number of hydrogen-bond acceptors (Lipinski definition) is 7. The summed E-state index contributed by atoms with van der Waals surface area (Å²) in [5, 5.41) is 19.5. The Balaban J connectivity index is 1.74. The van der Waals surface area contributed by atoms with E-state index in [0.717, 1.165) is 4.68 Å². The van der Waals surface area contributed by atoms with E-state index in [2.05, 4.69) is 36.1 Å². The highest BCUT2D eigenvalue weighted by Gasteiger charge is 2.37. The molecule has 17 heteroatoms. The molecule has 0 bridgehead atoms. The lowest BCUT2D eigenvalue weighted by Crippen LogP contribution is -2.31. The van der Waals surface area contributed by atoms with Crippen LogP contribution in [0, 0.1) is 0 Å². The van der Waals surface area contributed by atoms with Crippen molar-refractivity contribution in [3.05, 3.63) is 74.4 Å². The first-order chi connectivity index (χ1) is 18.3. The van der Waals surface area contributed by atoms with Gasteiger partial charge < -0.3 is 10.6 Å². The lowest BCUT2D eigenvalue weighted by molar-refractivity contribution is -0.145. The molecule has 3 heterocycles. The Bertz CT molecular complexity index is 1550. The number of rotatable bonds is 7. The van der Waals surface area contributed by atoms with Crippen molar-refractivity contribution < 1.29 is 22.8 Å². The summed E-state index contributed by atoms with van der Waals surface area (Å²) >= 11 is 18.7. The Labute approximate surface area is 233 Å². The quantitative estimate of drug-likeness (QED) is 0.314. The molecule has 204 valence electrons. The number of hydrogen-bond donors (Lipinski definition) is 2. The van der Waals surface area contributed by atoms with E-state index in [1.807, 2.05) is 0 Å². The number of nitrogens with zero attached hydrogens (tertiary/aromatic N) is 7. The Kier molecular flexibility index (Phi) is 8.09. The Morgan fingerprint density at radius 2 is 1.79 bits per heavy atom. The summed E-state index contributed by atoms with van der Waals surface area (Å²) in [6.07, 6.45) is -3.38. The molecular weight excluding hydrogens is 586 g/mol. The highest BCUT2D eigenvalue weighted by atomic mass is 35.5. The van der Waals surface area contributed by atoms with Crippen molar-refractivity contribution in [1.82, 2.24) is 40.3 Å². The van der Waals surface area contributed by atoms with Crippen LogP contribution in [-0.2, 0) is 12.7 Å². The maximum atomic E-state index is 13.5. The van der Waals surface area contributed by atoms with Crippen molar-refractivity contribution in [1.29, 1.82) is 0 Å². The summed E-state index contributed by atoms with van der Waals surface area (Å²) in [6.45, 7) is 3.13. The lowest BCUT2D eigenvalue weighted by Gasteiger charge is -2.15. The van der Waals surface area contributed by atoms with Crippen LogP contribution >= 0.6 is 34.8 Å². The van der Waals surface area contributed by atoms with E-state index < -0.39 is 23.8 Å². The maximum Gasteiger partial charge on any atom is 0.455 e. The van der Waals surface area contributed by atoms with Crippen LogP contribution in [0.25, 0.3) is 5.82 Å². The number of nitrogens with one attached hydrogen (secondary N) is 2. The van der Waals surface area contributed by atoms with E-state index in [4.69, 9.17) is 34.8 Å². The van der Waals surface area contributed by atoms with Crippen molar-refractivity contribution >= 4 is 52.3 Å². The number of alkyl halides is 3. The Hall–Kier alpha value is -3.75. The zero-order chi connectivity index (χ0) is 28.5. The summed E-state index contributed by atoms with van der Waals surface area (Å²) in [5.74, 6) is -2.71. The first kappa shape index (κ1) is 28.3. The first-order valence-electron chi connectivity index (χ1n) is 11.0. The van der Waals surface area contributed by atoms with Gasteiger partial charge in [0, 0.05) is 17.3 Å². The van der Waals surface area contributed by atoms with Gasteiger partial charge in [-0.3, -0.25) is 9.59 Å². The number of tetrazole rings is 1. The lowest BCUT2D eigenvalue weighted by atomic mass is 10.1. The molecule has 0 aliphatic heterocycles. The molecule has 0 saturated heterocycles. The van der Waals surface area contributed by atoms with E-state index >= 15 is 0 Å². The van der Waals surface area contributed by atoms with Crippen LogP contribution in [0.4, 0.5) is 18.9 Å². The fraction of sp³-hybridized carbons (Fsp3) is 0.227. The predicted molar refractivity (Wildman–Crippen MR) is 135 cm³/mol. The second kappa shape index (κ2) is 11.2. The Morgan fingerprint density at radius 1 is 1.05 bits per heavy atom. The molecule has 1 aromatic carbocycles. The minimum absolute atomic E-state index is 0.00297. The van der Waals surface area contributed by atoms with Crippen LogP contribution in [-0.4, -0.2) is 52.8 Å². The SMILES string of the molecule is CC(C)NC(=O)c1cc(Cl)cc(Cl)c1NC(=O)c1cc(Cn2nnc(C(F)(F)F)n2)nn1-c1ncccc1Cl. The standard InChI is InChI=1S/C22H17Cl3F3N9O2/c1-10(2)30-19(38)13-6-11(23)7-15(25)17(13)31-20(39)16-8-12(9-36-34-21(32-35-36)22(26,27)28)33-37(16)18-14(24)4-3-5-29-18/h3-8,10H,9H2,1-2H3,(H,30,38)(H,31,39). The highest BCUT2D eigenvalue weighted by molar-refractivity contribution is 6.38. The van der Waals surface area contributed by atoms with Crippen molar-refractivity contribution in [2.45, 2.75) is 32.6 Å². The third-order valence-corrected chi connectivity index (χ3v) is 5.71. The average molecular weight is 603 g/mol. The van der Waals surface area contributed by atoms with Crippen LogP contribution in [0.1, 0.15) is 46.2 Å². The van der Waals surface area contributed by atoms with Gasteiger partial charge >= 0.3 is 6.18 Å². The fourth-order valence-corrected chi connectivity index (χ4v) is 4.07. The van der Waals surface area contributed by atoms with Crippen LogP contribution in [0.5, 0.6) is 0 Å². The molecule has 0 aliphatic rings. The second-order valence-electron chi connectivity index (χ2n) is 8.28. The molecule has 2 N–H and O–H groups in total. The minimum atomic E-state index is -4.79. The predicted octanol–water partition coefficient (Wildman–Crippen LogP) is 4.67. The van der Waals surface area contributed by atoms with Gasteiger partial charge in [-0.15, -0.1) is 10.2 Å². The molecule has 2 amide bonds. The minimum Gasteiger partial charge on any atom is -0.350 e. The average Bonchev–Trinajstić information content (AvgIpc) is 3.48. The largest absolute Gasteiger partial charge is 0.455 e. The van der Waals surface area contributed by atoms with Crippen LogP contribution < -0.4 is 10.6 Å². The zero-order valence-electron chi connectivity index (χ0n) is 20.0. The van der Waals surface area contributed by atoms with Gasteiger partial charge in [0.25, 0.3) is 17.6 Å². The van der Waals surface area contributed by atoms with Crippen molar-refractivity contribution in [2.75, 3.05) is 5.32 Å². The topological polar surface area (TPSA) is 133 Å². The molecule has 0 fully saturated rings. The van der Waals surface area contributed by atoms with Gasteiger partial charge in [-0.1, -0.05) is 34.8 Å². The Morgan fingerprint density at radius 3 is 2.44 bits per heavy atom. The van der Waals surface area contributed by atoms with Gasteiger partial charge in [-0.05, 0) is 49.4 Å². The molecule has 0 atom stereocenters. The first-order valence-corrected chi connectivity index (χ1v) is 12.1. The van der Waals surface area contributed by atoms with Gasteiger partial charge in [-0.2, -0.15) is 23.1 Å². The molecular formula is C22H17Cl3F3N9O2. The van der Waals surface area contributed by atoms with Crippen molar-refractivity contribution in [3.8, 4) is 5.82 Å². The molecule has 0 unspecified atom stereocenters. The van der Waals surface area contributed by atoms with Gasteiger partial charge in [0.1, 0.15) is 12.2 Å². The highest BCUT2D eigenvalue weighted by Crippen LogP contribution is 2.31. The zero-order valence-corrected chi connectivity index (χ0v) is 22.2. The molecule has 3 aromatic heterocycles. The number of aromatic nitrogens is 7. The number of benzene rings is 1. The molecule has 0 aliphatic carbocycles. The monoisotopic (exact) mass is 601 g/mol. The van der Waals surface area contributed by atoms with Crippen molar-refractivity contribution in [3.63, 3.8) is 0 Å². The van der Waals surface area contributed by atoms with E-state index in [-0.39, 0.29) is 56.1 Å². The second-order valence-corrected chi connectivity index (χ2v) is 9.53. The van der Waals surface area contributed by atoms with E-state index in [1.54, 1.807) is 19.9 Å². The van der Waals surface area contributed by atoms with Crippen LogP contribution in [0.3, 0.4) is 0 Å². The number of halogens is 6. The van der Waals surface area contributed by atoms with E-state index in [0.29, 0.717) is 4.80 Å². The van der Waals surface area contributed by atoms with E-state index in [1.165, 1.54) is 30.5 Å². The summed E-state index contributed by atoms with van der Waals surface area (Å²) in [4.78, 5) is 31.1. The van der Waals surface area contributed by atoms with Crippen molar-refractivity contribution in [2.24, 2.45) is 0 Å². The molecule has 4 rings (SSSR count). The molecule has 4 aromatic rings. The summed E-state index contributed by atoms with van der Waals surface area (Å²) in [7, 11) is 0. The van der Waals surface area contributed by atoms with Gasteiger partial charge in [0.2, 0.25) is 0 Å². The summed E-state index contributed by atoms with van der Waals surface area (Å²) in [6, 6.07) is 6.80. The summed E-state index contributed by atoms with van der Waals surface area (Å²) in [5.41, 5.74) is -0.0856. The van der Waals surface area contributed by atoms with Gasteiger partial charge in [-0.25, -0.2) is 9.67 Å². The number of carbonyl (C=O) groups excluding carboxylic acids is 2. The third kappa shape index (κ3) is 6.46.